The second kappa shape index (κ2) is 8.85. The Bertz CT molecular complexity index is 1140. The molecule has 2 heterocycles. The average Bonchev–Trinajstić information content (AvgIpc) is 3.25. The van der Waals surface area contributed by atoms with Crippen molar-refractivity contribution >= 4 is 23.1 Å². The summed E-state index contributed by atoms with van der Waals surface area (Å²) < 4.78 is 64.9. The fourth-order valence-electron chi connectivity index (χ4n) is 3.80. The number of nitrogens with one attached hydrogen (secondary N) is 1. The van der Waals surface area contributed by atoms with Crippen LogP contribution in [0.4, 0.5) is 23.2 Å². The molecule has 168 valence electrons. The van der Waals surface area contributed by atoms with Gasteiger partial charge in [-0.1, -0.05) is 0 Å². The molecule has 3 aromatic rings. The molecule has 1 aromatic carbocycles. The maximum absolute atomic E-state index is 14.6. The molecule has 1 N–H and O–H groups in total. The first-order valence-electron chi connectivity index (χ1n) is 9.91. The first-order chi connectivity index (χ1) is 15.3. The molecule has 32 heavy (non-hydrogen) atoms. The van der Waals surface area contributed by atoms with Crippen molar-refractivity contribution in [3.8, 4) is 17.0 Å². The molecule has 0 radical (unpaired) electrons. The van der Waals surface area contributed by atoms with Gasteiger partial charge in [-0.3, -0.25) is 9.78 Å². The van der Waals surface area contributed by atoms with Crippen molar-refractivity contribution in [2.45, 2.75) is 37.5 Å². The van der Waals surface area contributed by atoms with Gasteiger partial charge in [0.05, 0.1) is 18.5 Å². The maximum atomic E-state index is 14.6. The Morgan fingerprint density at radius 2 is 1.91 bits per heavy atom. The van der Waals surface area contributed by atoms with E-state index in [1.807, 2.05) is 0 Å². The van der Waals surface area contributed by atoms with Crippen LogP contribution in [0, 0.1) is 11.6 Å². The molecule has 1 amide bonds. The van der Waals surface area contributed by atoms with Crippen molar-refractivity contribution < 1.29 is 27.1 Å². The normalized spacial score (nSPS) is 16.0. The van der Waals surface area contributed by atoms with Gasteiger partial charge in [-0.25, -0.2) is 17.6 Å². The lowest BCUT2D eigenvalue weighted by molar-refractivity contribution is -0.0384. The summed E-state index contributed by atoms with van der Waals surface area (Å²) in [5.74, 6) is -4.73. The highest BCUT2D eigenvalue weighted by molar-refractivity contribution is 7.08. The average molecular weight is 465 g/mol. The van der Waals surface area contributed by atoms with Crippen LogP contribution in [-0.2, 0) is 0 Å². The zero-order chi connectivity index (χ0) is 22.9. The summed E-state index contributed by atoms with van der Waals surface area (Å²) in [4.78, 5) is 17.5. The predicted octanol–water partition coefficient (Wildman–Crippen LogP) is 6.04. The maximum Gasteiger partial charge on any atom is 0.267 e. The molecule has 0 aliphatic heterocycles. The van der Waals surface area contributed by atoms with Crippen LogP contribution in [0.3, 0.4) is 0 Å². The molecule has 10 heteroatoms. The molecule has 0 atom stereocenters. The van der Waals surface area contributed by atoms with Gasteiger partial charge in [0.1, 0.15) is 16.5 Å². The smallest absolute Gasteiger partial charge is 0.267 e. The number of carbonyl (C=O) groups excluding carboxylic acids is 1. The standard InChI is InChI=1S/C22H19F4N3O2S/c1-31-18-11-17(32-29-18)21(30)28-20-14(15-10-13(23)2-3-16(15)24)6-9-27-19(20)12-4-7-22(25,26)8-5-12/h2-3,6,9-12H,4-5,7-8H2,1H3,(H,28,30). The van der Waals surface area contributed by atoms with Gasteiger partial charge >= 0.3 is 0 Å². The molecule has 0 bridgehead atoms. The van der Waals surface area contributed by atoms with Gasteiger partial charge < -0.3 is 10.1 Å². The molecule has 4 rings (SSSR count). The second-order valence-corrected chi connectivity index (χ2v) is 8.37. The first kappa shape index (κ1) is 22.2. The van der Waals surface area contributed by atoms with Gasteiger partial charge in [0.15, 0.2) is 0 Å². The third-order valence-corrected chi connectivity index (χ3v) is 6.23. The Balaban J connectivity index is 1.78. The number of hydrogen-bond acceptors (Lipinski definition) is 5. The van der Waals surface area contributed by atoms with E-state index in [0.29, 0.717) is 5.69 Å². The molecule has 1 aliphatic carbocycles. The topological polar surface area (TPSA) is 64.1 Å². The van der Waals surface area contributed by atoms with E-state index >= 15 is 0 Å². The Morgan fingerprint density at radius 1 is 1.16 bits per heavy atom. The van der Waals surface area contributed by atoms with Crippen LogP contribution in [0.1, 0.15) is 47.0 Å². The van der Waals surface area contributed by atoms with E-state index in [1.165, 1.54) is 25.4 Å². The Kier molecular flexibility index (Phi) is 6.14. The zero-order valence-electron chi connectivity index (χ0n) is 17.0. The predicted molar refractivity (Wildman–Crippen MR) is 112 cm³/mol. The number of nitrogens with zero attached hydrogens (tertiary/aromatic N) is 2. The van der Waals surface area contributed by atoms with Crippen LogP contribution in [-0.4, -0.2) is 28.3 Å². The van der Waals surface area contributed by atoms with Crippen molar-refractivity contribution in [2.75, 3.05) is 12.4 Å². The lowest BCUT2D eigenvalue weighted by atomic mass is 9.83. The van der Waals surface area contributed by atoms with E-state index < -0.39 is 23.5 Å². The van der Waals surface area contributed by atoms with Crippen molar-refractivity contribution in [1.29, 1.82) is 0 Å². The van der Waals surface area contributed by atoms with Crippen molar-refractivity contribution in [3.63, 3.8) is 0 Å². The van der Waals surface area contributed by atoms with Crippen LogP contribution in [0.2, 0.25) is 0 Å². The highest BCUT2D eigenvalue weighted by Gasteiger charge is 2.37. The molecule has 1 saturated carbocycles. The van der Waals surface area contributed by atoms with Gasteiger partial charge in [0, 0.05) is 42.1 Å². The van der Waals surface area contributed by atoms with Crippen LogP contribution < -0.4 is 10.1 Å². The summed E-state index contributed by atoms with van der Waals surface area (Å²) in [6.45, 7) is 0. The minimum atomic E-state index is -2.74. The van der Waals surface area contributed by atoms with Crippen molar-refractivity contribution in [2.24, 2.45) is 0 Å². The van der Waals surface area contributed by atoms with Crippen molar-refractivity contribution in [1.82, 2.24) is 9.36 Å². The monoisotopic (exact) mass is 465 g/mol. The number of hydrogen-bond donors (Lipinski definition) is 1. The number of aromatic nitrogens is 2. The van der Waals surface area contributed by atoms with Gasteiger partial charge in [-0.05, 0) is 48.6 Å². The number of halogens is 4. The quantitative estimate of drug-likeness (QED) is 0.467. The molecule has 0 saturated heterocycles. The van der Waals surface area contributed by atoms with Crippen LogP contribution in [0.5, 0.6) is 5.88 Å². The lowest BCUT2D eigenvalue weighted by Crippen LogP contribution is -2.25. The number of amides is 1. The van der Waals surface area contributed by atoms with Crippen LogP contribution in [0.15, 0.2) is 36.5 Å². The number of pyridine rings is 1. The fourth-order valence-corrected chi connectivity index (χ4v) is 4.40. The molecular formula is C22H19F4N3O2S. The molecule has 1 aliphatic rings. The van der Waals surface area contributed by atoms with Gasteiger partial charge in [0.25, 0.3) is 5.91 Å². The number of alkyl halides is 2. The van der Waals surface area contributed by atoms with E-state index in [-0.39, 0.29) is 59.2 Å². The summed E-state index contributed by atoms with van der Waals surface area (Å²) in [6.07, 6.45) is 1.11. The first-order valence-corrected chi connectivity index (χ1v) is 10.7. The Labute approximate surface area is 185 Å². The third-order valence-electron chi connectivity index (χ3n) is 5.46. The van der Waals surface area contributed by atoms with Gasteiger partial charge in [-0.15, -0.1) is 0 Å². The van der Waals surface area contributed by atoms with E-state index in [9.17, 15) is 22.4 Å². The second-order valence-electron chi connectivity index (χ2n) is 7.56. The fraction of sp³-hybridized carbons (Fsp3) is 0.318. The molecule has 0 unspecified atom stereocenters. The summed E-state index contributed by atoms with van der Waals surface area (Å²) in [5.41, 5.74) is 0.692. The van der Waals surface area contributed by atoms with E-state index in [2.05, 4.69) is 14.7 Å². The lowest BCUT2D eigenvalue weighted by Gasteiger charge is -2.29. The minimum Gasteiger partial charge on any atom is -0.480 e. The molecular weight excluding hydrogens is 446 g/mol. The minimum absolute atomic E-state index is 0.0630. The molecule has 2 aromatic heterocycles. The SMILES string of the molecule is COc1cc(C(=O)Nc2c(-c3cc(F)ccc3F)ccnc2C2CCC(F)(F)CC2)sn1. The molecule has 0 spiro atoms. The van der Waals surface area contributed by atoms with Gasteiger partial charge in [0.2, 0.25) is 11.8 Å². The number of benzene rings is 1. The number of carbonyl (C=O) groups is 1. The summed E-state index contributed by atoms with van der Waals surface area (Å²) in [6, 6.07) is 5.91. The van der Waals surface area contributed by atoms with E-state index in [4.69, 9.17) is 4.74 Å². The van der Waals surface area contributed by atoms with Crippen molar-refractivity contribution in [3.05, 3.63) is 58.7 Å². The van der Waals surface area contributed by atoms with Crippen LogP contribution in [0.25, 0.3) is 11.1 Å². The largest absolute Gasteiger partial charge is 0.480 e. The Morgan fingerprint density at radius 3 is 2.59 bits per heavy atom. The molecule has 1 fully saturated rings. The summed E-state index contributed by atoms with van der Waals surface area (Å²) >= 11 is 0.909. The van der Waals surface area contributed by atoms with E-state index in [0.717, 1.165) is 29.7 Å². The highest BCUT2D eigenvalue weighted by Crippen LogP contribution is 2.44. The molecule has 5 nitrogen and oxygen atoms in total. The number of methoxy groups -OCH3 is 1. The Hall–Kier alpha value is -3.01. The summed E-state index contributed by atoms with van der Waals surface area (Å²) in [5, 5.41) is 2.73. The highest BCUT2D eigenvalue weighted by atomic mass is 32.1. The number of rotatable bonds is 5. The van der Waals surface area contributed by atoms with E-state index in [1.54, 1.807) is 0 Å². The van der Waals surface area contributed by atoms with Crippen LogP contribution >= 0.6 is 11.5 Å². The number of anilines is 1. The van der Waals surface area contributed by atoms with Gasteiger partial charge in [-0.2, -0.15) is 4.37 Å². The zero-order valence-corrected chi connectivity index (χ0v) is 17.8. The number of ether oxygens (including phenoxy) is 1. The third kappa shape index (κ3) is 4.59. The summed E-state index contributed by atoms with van der Waals surface area (Å²) in [7, 11) is 1.42.